The van der Waals surface area contributed by atoms with Crippen molar-refractivity contribution >= 4 is 5.97 Å². The molecule has 2 nitrogen and oxygen atoms in total. The Morgan fingerprint density at radius 3 is 2.09 bits per heavy atom. The van der Waals surface area contributed by atoms with Crippen molar-refractivity contribution in [2.45, 2.75) is 0 Å². The van der Waals surface area contributed by atoms with Crippen molar-refractivity contribution in [2.75, 3.05) is 0 Å². The number of halogens is 2. The predicted molar refractivity (Wildman–Crippen MR) is 32.2 cm³/mol. The molecule has 0 saturated carbocycles. The highest BCUT2D eigenvalue weighted by Gasteiger charge is 2.14. The summed E-state index contributed by atoms with van der Waals surface area (Å²) in [6.45, 7) is 0. The molecule has 0 aliphatic heterocycles. The van der Waals surface area contributed by atoms with E-state index in [1.54, 1.807) is 0 Å². The maximum absolute atomic E-state index is 12.4. The number of carbonyl (C=O) groups is 1. The van der Waals surface area contributed by atoms with Crippen LogP contribution in [0.1, 0.15) is 10.4 Å². The topological polar surface area (TPSA) is 37.3 Å². The van der Waals surface area contributed by atoms with Crippen LogP contribution in [-0.4, -0.2) is 11.1 Å². The summed E-state index contributed by atoms with van der Waals surface area (Å²) in [5, 5.41) is 8.25. The van der Waals surface area contributed by atoms with Gasteiger partial charge in [-0.1, -0.05) is 0 Å². The molecule has 1 aromatic rings. The number of hydrogen-bond acceptors (Lipinski definition) is 1. The fourth-order valence-corrected chi connectivity index (χ4v) is 0.651. The summed E-state index contributed by atoms with van der Waals surface area (Å²) < 4.78 is 24.9. The molecule has 1 N–H and O–H groups in total. The van der Waals surface area contributed by atoms with Crippen LogP contribution >= 0.6 is 0 Å². The second kappa shape index (κ2) is 2.65. The molecular formula is C7H3F2O2. The van der Waals surface area contributed by atoms with Crippen LogP contribution in [0.5, 0.6) is 0 Å². The van der Waals surface area contributed by atoms with E-state index in [1.165, 1.54) is 0 Å². The standard InChI is InChI=1S/C7H3F2O2/c8-4-2-1-3-5(9)6(4)7(10)11/h2-3H,(H,10,11). The van der Waals surface area contributed by atoms with Crippen molar-refractivity contribution in [2.24, 2.45) is 0 Å². The second-order valence-electron chi connectivity index (χ2n) is 1.83. The lowest BCUT2D eigenvalue weighted by Gasteiger charge is -1.96. The van der Waals surface area contributed by atoms with Crippen molar-refractivity contribution in [3.05, 3.63) is 35.4 Å². The number of hydrogen-bond donors (Lipinski definition) is 1. The zero-order valence-corrected chi connectivity index (χ0v) is 5.27. The Balaban J connectivity index is 3.32. The molecule has 0 aliphatic carbocycles. The summed E-state index contributed by atoms with van der Waals surface area (Å²) in [4.78, 5) is 10.1. The molecular weight excluding hydrogens is 154 g/mol. The first-order chi connectivity index (χ1) is 5.13. The van der Waals surface area contributed by atoms with Crippen molar-refractivity contribution in [1.29, 1.82) is 0 Å². The van der Waals surface area contributed by atoms with Crippen LogP contribution in [0.15, 0.2) is 12.1 Å². The van der Waals surface area contributed by atoms with Crippen LogP contribution in [0.25, 0.3) is 0 Å². The molecule has 0 heterocycles. The van der Waals surface area contributed by atoms with E-state index >= 15 is 0 Å². The lowest BCUT2D eigenvalue weighted by atomic mass is 10.2. The Morgan fingerprint density at radius 1 is 1.36 bits per heavy atom. The molecule has 0 unspecified atom stereocenters. The Kier molecular flexibility index (Phi) is 1.85. The molecule has 0 amide bonds. The minimum Gasteiger partial charge on any atom is -0.477 e. The molecule has 1 radical (unpaired) electrons. The second-order valence-corrected chi connectivity index (χ2v) is 1.83. The van der Waals surface area contributed by atoms with Crippen LogP contribution in [0.4, 0.5) is 8.78 Å². The van der Waals surface area contributed by atoms with Gasteiger partial charge in [0, 0.05) is 0 Å². The van der Waals surface area contributed by atoms with Gasteiger partial charge < -0.3 is 5.11 Å². The summed E-state index contributed by atoms with van der Waals surface area (Å²) in [6.07, 6.45) is 0. The van der Waals surface area contributed by atoms with Crippen LogP contribution < -0.4 is 0 Å². The number of rotatable bonds is 1. The zero-order valence-electron chi connectivity index (χ0n) is 5.27. The van der Waals surface area contributed by atoms with Crippen LogP contribution in [0.3, 0.4) is 0 Å². The number of carboxylic acids is 1. The van der Waals surface area contributed by atoms with Gasteiger partial charge in [0.2, 0.25) is 0 Å². The van der Waals surface area contributed by atoms with Gasteiger partial charge in [-0.15, -0.1) is 0 Å². The van der Waals surface area contributed by atoms with E-state index in [9.17, 15) is 13.6 Å². The molecule has 1 aromatic carbocycles. The number of aromatic carboxylic acids is 1. The molecule has 1 rings (SSSR count). The summed E-state index contributed by atoms with van der Waals surface area (Å²) in [6, 6.07) is 3.65. The molecule has 0 saturated heterocycles. The summed E-state index contributed by atoms with van der Waals surface area (Å²) in [5.74, 6) is -3.84. The lowest BCUT2D eigenvalue weighted by molar-refractivity contribution is 0.0686. The minimum atomic E-state index is -1.62. The molecule has 0 spiro atoms. The van der Waals surface area contributed by atoms with Gasteiger partial charge >= 0.3 is 5.97 Å². The maximum Gasteiger partial charge on any atom is 0.341 e. The van der Waals surface area contributed by atoms with Gasteiger partial charge in [0.05, 0.1) is 0 Å². The molecule has 0 fully saturated rings. The molecule has 0 atom stereocenters. The smallest absolute Gasteiger partial charge is 0.341 e. The number of carboxylic acid groups (broad SMARTS) is 1. The monoisotopic (exact) mass is 157 g/mol. The van der Waals surface area contributed by atoms with Gasteiger partial charge in [0.1, 0.15) is 17.2 Å². The van der Waals surface area contributed by atoms with Crippen LogP contribution in [0.2, 0.25) is 0 Å². The van der Waals surface area contributed by atoms with Crippen LogP contribution in [0, 0.1) is 17.7 Å². The Bertz CT molecular complexity index is 276. The Hall–Kier alpha value is -1.45. The van der Waals surface area contributed by atoms with Gasteiger partial charge in [-0.05, 0) is 18.2 Å². The van der Waals surface area contributed by atoms with Gasteiger partial charge in [-0.3, -0.25) is 0 Å². The summed E-state index contributed by atoms with van der Waals surface area (Å²) in [5.41, 5.74) is -0.941. The van der Waals surface area contributed by atoms with E-state index < -0.39 is 23.2 Å². The SMILES string of the molecule is O=C(O)c1c(F)c[c]cc1F. The van der Waals surface area contributed by atoms with Gasteiger partial charge in [0.15, 0.2) is 0 Å². The summed E-state index contributed by atoms with van der Waals surface area (Å²) >= 11 is 0. The van der Waals surface area contributed by atoms with E-state index in [1.807, 2.05) is 0 Å². The first kappa shape index (κ1) is 7.65. The number of benzene rings is 1. The summed E-state index contributed by atoms with van der Waals surface area (Å²) in [7, 11) is 0. The van der Waals surface area contributed by atoms with E-state index in [0.717, 1.165) is 12.1 Å². The molecule has 0 aromatic heterocycles. The van der Waals surface area contributed by atoms with Crippen LogP contribution in [-0.2, 0) is 0 Å². The van der Waals surface area contributed by atoms with E-state index in [-0.39, 0.29) is 0 Å². The highest BCUT2D eigenvalue weighted by Crippen LogP contribution is 2.10. The first-order valence-corrected chi connectivity index (χ1v) is 2.71. The average Bonchev–Trinajstić information content (AvgIpc) is 1.85. The largest absolute Gasteiger partial charge is 0.477 e. The third-order valence-corrected chi connectivity index (χ3v) is 1.11. The van der Waals surface area contributed by atoms with Gasteiger partial charge in [0.25, 0.3) is 0 Å². The average molecular weight is 157 g/mol. The molecule has 57 valence electrons. The molecule has 0 aliphatic rings. The highest BCUT2D eigenvalue weighted by molar-refractivity contribution is 5.88. The zero-order chi connectivity index (χ0) is 8.43. The lowest BCUT2D eigenvalue weighted by Crippen LogP contribution is -2.03. The van der Waals surface area contributed by atoms with Crippen molar-refractivity contribution in [3.63, 3.8) is 0 Å². The van der Waals surface area contributed by atoms with E-state index in [2.05, 4.69) is 6.07 Å². The van der Waals surface area contributed by atoms with Gasteiger partial charge in [-0.2, -0.15) is 0 Å². The van der Waals surface area contributed by atoms with Crippen molar-refractivity contribution in [1.82, 2.24) is 0 Å². The Morgan fingerprint density at radius 2 is 1.82 bits per heavy atom. The normalized spacial score (nSPS) is 9.64. The third kappa shape index (κ3) is 1.34. The van der Waals surface area contributed by atoms with Crippen molar-refractivity contribution < 1.29 is 18.7 Å². The predicted octanol–water partition coefficient (Wildman–Crippen LogP) is 1.46. The highest BCUT2D eigenvalue weighted by atomic mass is 19.1. The first-order valence-electron chi connectivity index (χ1n) is 2.71. The minimum absolute atomic E-state index is 0.770. The molecule has 0 bridgehead atoms. The van der Waals surface area contributed by atoms with E-state index in [4.69, 9.17) is 5.11 Å². The molecule has 11 heavy (non-hydrogen) atoms. The van der Waals surface area contributed by atoms with Crippen molar-refractivity contribution in [3.8, 4) is 0 Å². The van der Waals surface area contributed by atoms with E-state index in [0.29, 0.717) is 0 Å². The van der Waals surface area contributed by atoms with Gasteiger partial charge in [-0.25, -0.2) is 13.6 Å². The molecule has 4 heteroatoms. The quantitative estimate of drug-likeness (QED) is 0.670. The fourth-order valence-electron chi connectivity index (χ4n) is 0.651. The maximum atomic E-state index is 12.4. The fraction of sp³-hybridized carbons (Fsp3) is 0. The Labute approximate surface area is 61.1 Å². The third-order valence-electron chi connectivity index (χ3n) is 1.11.